The number of aromatic nitrogens is 2. The van der Waals surface area contributed by atoms with Crippen LogP contribution >= 0.6 is 0 Å². The fraction of sp³-hybridized carbons (Fsp3) is 0.500. The van der Waals surface area contributed by atoms with Crippen LogP contribution in [0.3, 0.4) is 0 Å². The van der Waals surface area contributed by atoms with Gasteiger partial charge in [-0.15, -0.1) is 0 Å². The second-order valence-electron chi connectivity index (χ2n) is 7.11. The molecule has 0 unspecified atom stereocenters. The quantitative estimate of drug-likeness (QED) is 0.743. The molecule has 146 valence electrons. The first-order valence-electron chi connectivity index (χ1n) is 9.49. The van der Waals surface area contributed by atoms with Gasteiger partial charge in [-0.2, -0.15) is 0 Å². The van der Waals surface area contributed by atoms with Crippen LogP contribution in [0.25, 0.3) is 0 Å². The molecule has 2 aromatic rings. The van der Waals surface area contributed by atoms with Crippen LogP contribution in [-0.2, 0) is 13.0 Å². The molecule has 1 aromatic heterocycles. The first-order valence-corrected chi connectivity index (χ1v) is 9.49. The molecule has 0 saturated carbocycles. The van der Waals surface area contributed by atoms with E-state index in [1.54, 1.807) is 16.7 Å². The Labute approximate surface area is 159 Å². The molecule has 0 radical (unpaired) electrons. The summed E-state index contributed by atoms with van der Waals surface area (Å²) in [6.45, 7) is 4.76. The molecule has 1 aliphatic heterocycles. The van der Waals surface area contributed by atoms with Gasteiger partial charge in [0.2, 0.25) is 0 Å². The van der Waals surface area contributed by atoms with Gasteiger partial charge < -0.3 is 19.7 Å². The van der Waals surface area contributed by atoms with Crippen molar-refractivity contribution >= 4 is 5.82 Å². The summed E-state index contributed by atoms with van der Waals surface area (Å²) in [6, 6.07) is 6.30. The second kappa shape index (κ2) is 9.10. The minimum absolute atomic E-state index is 0.0822. The van der Waals surface area contributed by atoms with Crippen LogP contribution in [-0.4, -0.2) is 61.3 Å². The first-order chi connectivity index (χ1) is 13.1. The van der Waals surface area contributed by atoms with E-state index in [2.05, 4.69) is 22.2 Å². The number of nitrogens with zero attached hydrogens (tertiary/aromatic N) is 4. The van der Waals surface area contributed by atoms with Crippen molar-refractivity contribution in [3.05, 3.63) is 57.9 Å². The Bertz CT molecular complexity index is 797. The molecule has 0 atom stereocenters. The number of hydrogen-bond acceptors (Lipinski definition) is 5. The standard InChI is InChI=1S/C20H28FN5O/c1-22-9-3-4-18-15-26(14-16-5-7-17(21)8-6-16)20(27)19(23-18)25-12-10-24(2)11-13-25/h5-8,15,22H,3-4,9-14H2,1-2H3. The molecule has 1 N–H and O–H groups in total. The highest BCUT2D eigenvalue weighted by molar-refractivity contribution is 5.38. The number of aryl methyl sites for hydroxylation is 1. The normalized spacial score (nSPS) is 15.3. The average molecular weight is 373 g/mol. The van der Waals surface area contributed by atoms with Gasteiger partial charge >= 0.3 is 0 Å². The van der Waals surface area contributed by atoms with Crippen LogP contribution in [0, 0.1) is 5.82 Å². The maximum Gasteiger partial charge on any atom is 0.293 e. The topological polar surface area (TPSA) is 53.4 Å². The van der Waals surface area contributed by atoms with Gasteiger partial charge in [0.1, 0.15) is 5.82 Å². The summed E-state index contributed by atoms with van der Waals surface area (Å²) < 4.78 is 14.9. The van der Waals surface area contributed by atoms with Crippen molar-refractivity contribution in [2.75, 3.05) is 51.7 Å². The second-order valence-corrected chi connectivity index (χ2v) is 7.11. The third-order valence-electron chi connectivity index (χ3n) is 4.94. The lowest BCUT2D eigenvalue weighted by Crippen LogP contribution is -2.47. The van der Waals surface area contributed by atoms with Crippen molar-refractivity contribution in [1.82, 2.24) is 19.8 Å². The Morgan fingerprint density at radius 3 is 2.52 bits per heavy atom. The van der Waals surface area contributed by atoms with E-state index in [0.29, 0.717) is 12.4 Å². The predicted molar refractivity (Wildman–Crippen MR) is 106 cm³/mol. The first kappa shape index (κ1) is 19.5. The molecule has 3 rings (SSSR count). The van der Waals surface area contributed by atoms with Gasteiger partial charge in [0.05, 0.1) is 12.2 Å². The summed E-state index contributed by atoms with van der Waals surface area (Å²) in [6.07, 6.45) is 3.62. The summed E-state index contributed by atoms with van der Waals surface area (Å²) in [5.41, 5.74) is 1.73. The number of nitrogens with one attached hydrogen (secondary N) is 1. The molecule has 0 spiro atoms. The summed E-state index contributed by atoms with van der Waals surface area (Å²) in [5, 5.41) is 3.14. The molecule has 27 heavy (non-hydrogen) atoms. The molecule has 6 nitrogen and oxygen atoms in total. The van der Waals surface area contributed by atoms with E-state index in [1.807, 2.05) is 13.2 Å². The molecule has 2 heterocycles. The van der Waals surface area contributed by atoms with Gasteiger partial charge in [0.25, 0.3) is 5.56 Å². The Morgan fingerprint density at radius 2 is 1.85 bits per heavy atom. The minimum Gasteiger partial charge on any atom is -0.349 e. The molecular weight excluding hydrogens is 345 g/mol. The van der Waals surface area contributed by atoms with Crippen molar-refractivity contribution in [2.45, 2.75) is 19.4 Å². The van der Waals surface area contributed by atoms with Crippen LogP contribution in [0.15, 0.2) is 35.3 Å². The maximum absolute atomic E-state index is 13.2. The van der Waals surface area contributed by atoms with Crippen molar-refractivity contribution < 1.29 is 4.39 Å². The van der Waals surface area contributed by atoms with E-state index < -0.39 is 0 Å². The van der Waals surface area contributed by atoms with E-state index in [-0.39, 0.29) is 11.4 Å². The molecule has 0 aliphatic carbocycles. The molecule has 1 aliphatic rings. The van der Waals surface area contributed by atoms with Gasteiger partial charge in [-0.1, -0.05) is 12.1 Å². The number of hydrogen-bond donors (Lipinski definition) is 1. The highest BCUT2D eigenvalue weighted by atomic mass is 19.1. The van der Waals surface area contributed by atoms with Gasteiger partial charge in [-0.05, 0) is 51.2 Å². The number of piperazine rings is 1. The molecule has 1 aromatic carbocycles. The molecular formula is C20H28FN5O. The third kappa shape index (κ3) is 5.14. The zero-order valence-corrected chi connectivity index (χ0v) is 16.1. The Hall–Kier alpha value is -2.25. The lowest BCUT2D eigenvalue weighted by molar-refractivity contribution is 0.311. The van der Waals surface area contributed by atoms with Crippen LogP contribution in [0.4, 0.5) is 10.2 Å². The highest BCUT2D eigenvalue weighted by Crippen LogP contribution is 2.12. The largest absolute Gasteiger partial charge is 0.349 e. The molecule has 1 saturated heterocycles. The number of anilines is 1. The molecule has 7 heteroatoms. The highest BCUT2D eigenvalue weighted by Gasteiger charge is 2.20. The van der Waals surface area contributed by atoms with E-state index in [1.165, 1.54) is 12.1 Å². The van der Waals surface area contributed by atoms with E-state index in [9.17, 15) is 9.18 Å². The van der Waals surface area contributed by atoms with Crippen LogP contribution in [0.5, 0.6) is 0 Å². The summed E-state index contributed by atoms with van der Waals surface area (Å²) in [5.74, 6) is 0.263. The van der Waals surface area contributed by atoms with Crippen LogP contribution < -0.4 is 15.8 Å². The maximum atomic E-state index is 13.2. The lowest BCUT2D eigenvalue weighted by atomic mass is 10.2. The van der Waals surface area contributed by atoms with Crippen molar-refractivity contribution in [2.24, 2.45) is 0 Å². The summed E-state index contributed by atoms with van der Waals surface area (Å²) in [4.78, 5) is 22.1. The zero-order valence-electron chi connectivity index (χ0n) is 16.1. The fourth-order valence-corrected chi connectivity index (χ4v) is 3.27. The predicted octanol–water partition coefficient (Wildman–Crippen LogP) is 1.33. The monoisotopic (exact) mass is 373 g/mol. The summed E-state index contributed by atoms with van der Waals surface area (Å²) >= 11 is 0. The van der Waals surface area contributed by atoms with Gasteiger partial charge in [0.15, 0.2) is 5.82 Å². The van der Waals surface area contributed by atoms with E-state index >= 15 is 0 Å². The molecule has 0 bridgehead atoms. The Morgan fingerprint density at radius 1 is 1.15 bits per heavy atom. The molecule has 0 amide bonds. The third-order valence-corrected chi connectivity index (χ3v) is 4.94. The van der Waals surface area contributed by atoms with Crippen molar-refractivity contribution in [1.29, 1.82) is 0 Å². The Kier molecular flexibility index (Phi) is 6.58. The fourth-order valence-electron chi connectivity index (χ4n) is 3.27. The van der Waals surface area contributed by atoms with Gasteiger partial charge in [0, 0.05) is 32.4 Å². The summed E-state index contributed by atoms with van der Waals surface area (Å²) in [7, 11) is 4.02. The van der Waals surface area contributed by atoms with Gasteiger partial charge in [-0.25, -0.2) is 9.37 Å². The van der Waals surface area contributed by atoms with Gasteiger partial charge in [-0.3, -0.25) is 4.79 Å². The van der Waals surface area contributed by atoms with Crippen molar-refractivity contribution in [3.8, 4) is 0 Å². The zero-order chi connectivity index (χ0) is 19.2. The van der Waals surface area contributed by atoms with E-state index in [0.717, 1.165) is 56.8 Å². The molecule has 1 fully saturated rings. The SMILES string of the molecule is CNCCCc1cn(Cc2ccc(F)cc2)c(=O)c(N2CCN(C)CC2)n1. The van der Waals surface area contributed by atoms with Crippen molar-refractivity contribution in [3.63, 3.8) is 0 Å². The average Bonchev–Trinajstić information content (AvgIpc) is 2.67. The van der Waals surface area contributed by atoms with Crippen LogP contribution in [0.1, 0.15) is 17.7 Å². The number of rotatable bonds is 7. The van der Waals surface area contributed by atoms with E-state index in [4.69, 9.17) is 4.98 Å². The minimum atomic E-state index is -0.272. The van der Waals surface area contributed by atoms with Crippen LogP contribution in [0.2, 0.25) is 0 Å². The number of likely N-dealkylation sites (N-methyl/N-ethyl adjacent to an activating group) is 1. The Balaban J connectivity index is 1.90. The smallest absolute Gasteiger partial charge is 0.293 e. The number of benzene rings is 1. The number of halogens is 1. The lowest BCUT2D eigenvalue weighted by Gasteiger charge is -2.33.